The number of fused-ring (bicyclic) bond motifs is 1. The van der Waals surface area contributed by atoms with Gasteiger partial charge in [-0.2, -0.15) is 0 Å². The number of amides is 1. The highest BCUT2D eigenvalue weighted by Gasteiger charge is 2.23. The van der Waals surface area contributed by atoms with Crippen molar-refractivity contribution in [3.63, 3.8) is 0 Å². The molecule has 0 fully saturated rings. The summed E-state index contributed by atoms with van der Waals surface area (Å²) in [4.78, 5) is 45.4. The number of benzene rings is 1. The molecule has 23 heavy (non-hydrogen) atoms. The van der Waals surface area contributed by atoms with E-state index < -0.39 is 42.4 Å². The van der Waals surface area contributed by atoms with Crippen molar-refractivity contribution in [1.82, 2.24) is 20.3 Å². The number of aliphatic carboxylic acids is 2. The van der Waals surface area contributed by atoms with Gasteiger partial charge < -0.3 is 15.5 Å². The molecule has 1 amide bonds. The van der Waals surface area contributed by atoms with Gasteiger partial charge in [0.2, 0.25) is 5.91 Å². The third kappa shape index (κ3) is 3.87. The van der Waals surface area contributed by atoms with E-state index in [1.165, 1.54) is 6.07 Å². The molecule has 1 heterocycles. The Balaban J connectivity index is 2.17. The van der Waals surface area contributed by atoms with Gasteiger partial charge in [-0.1, -0.05) is 17.3 Å². The quantitative estimate of drug-likeness (QED) is 0.602. The van der Waals surface area contributed by atoms with Gasteiger partial charge in [-0.3, -0.25) is 14.4 Å². The molecule has 1 aromatic carbocycles. The lowest BCUT2D eigenvalue weighted by Gasteiger charge is -2.12. The smallest absolute Gasteiger partial charge is 0.326 e. The van der Waals surface area contributed by atoms with Crippen LogP contribution in [0, 0.1) is 0 Å². The largest absolute Gasteiger partial charge is 0.481 e. The van der Waals surface area contributed by atoms with Crippen molar-refractivity contribution in [3.05, 3.63) is 34.6 Å². The molecule has 2 rings (SSSR count). The molecule has 3 N–H and O–H groups in total. The molecule has 0 saturated heterocycles. The molecule has 10 nitrogen and oxygen atoms in total. The zero-order chi connectivity index (χ0) is 17.0. The Morgan fingerprint density at radius 1 is 1.22 bits per heavy atom. The Hall–Kier alpha value is -3.30. The summed E-state index contributed by atoms with van der Waals surface area (Å²) in [6.07, 6.45) is -0.778. The van der Waals surface area contributed by atoms with E-state index >= 15 is 0 Å². The fourth-order valence-electron chi connectivity index (χ4n) is 1.88. The lowest BCUT2D eigenvalue weighted by atomic mass is 10.2. The minimum Gasteiger partial charge on any atom is -0.481 e. The molecule has 0 radical (unpaired) electrons. The number of hydrogen-bond acceptors (Lipinski definition) is 6. The minimum atomic E-state index is -1.59. The number of carboxylic acid groups (broad SMARTS) is 2. The third-order valence-corrected chi connectivity index (χ3v) is 2.93. The monoisotopic (exact) mass is 320 g/mol. The molecule has 2 aromatic rings. The van der Waals surface area contributed by atoms with E-state index in [4.69, 9.17) is 10.2 Å². The molecule has 120 valence electrons. The van der Waals surface area contributed by atoms with Crippen LogP contribution in [0.5, 0.6) is 0 Å². The maximum Gasteiger partial charge on any atom is 0.326 e. The Bertz CT molecular complexity index is 831. The van der Waals surface area contributed by atoms with Crippen LogP contribution >= 0.6 is 0 Å². The predicted octanol–water partition coefficient (Wildman–Crippen LogP) is -1.16. The van der Waals surface area contributed by atoms with E-state index in [0.29, 0.717) is 5.52 Å². The van der Waals surface area contributed by atoms with Gasteiger partial charge in [0.25, 0.3) is 5.56 Å². The molecule has 10 heteroatoms. The van der Waals surface area contributed by atoms with Gasteiger partial charge in [-0.05, 0) is 12.1 Å². The Morgan fingerprint density at radius 3 is 2.57 bits per heavy atom. The summed E-state index contributed by atoms with van der Waals surface area (Å²) in [7, 11) is 0. The van der Waals surface area contributed by atoms with Gasteiger partial charge in [0, 0.05) is 0 Å². The van der Waals surface area contributed by atoms with Crippen molar-refractivity contribution < 1.29 is 24.6 Å². The SMILES string of the molecule is O=C(O)CC(NC(=O)Cn1nnc2ccccc2c1=O)C(=O)O. The van der Waals surface area contributed by atoms with Gasteiger partial charge in [-0.25, -0.2) is 9.48 Å². The van der Waals surface area contributed by atoms with Crippen LogP contribution in [-0.4, -0.2) is 49.1 Å². The summed E-state index contributed by atoms with van der Waals surface area (Å²) < 4.78 is 0.775. The van der Waals surface area contributed by atoms with E-state index in [1.54, 1.807) is 18.2 Å². The molecule has 0 bridgehead atoms. The van der Waals surface area contributed by atoms with Gasteiger partial charge >= 0.3 is 11.9 Å². The molecule has 1 unspecified atom stereocenters. The van der Waals surface area contributed by atoms with Gasteiger partial charge in [0.05, 0.1) is 11.8 Å². The van der Waals surface area contributed by atoms with Crippen molar-refractivity contribution in [2.24, 2.45) is 0 Å². The highest BCUT2D eigenvalue weighted by atomic mass is 16.4. The van der Waals surface area contributed by atoms with Gasteiger partial charge in [0.1, 0.15) is 18.1 Å². The van der Waals surface area contributed by atoms with Crippen LogP contribution in [-0.2, 0) is 20.9 Å². The first-order valence-electron chi connectivity index (χ1n) is 6.45. The molecule has 0 aliphatic carbocycles. The molecule has 0 spiro atoms. The van der Waals surface area contributed by atoms with Crippen LogP contribution < -0.4 is 10.9 Å². The number of rotatable bonds is 6. The summed E-state index contributed by atoms with van der Waals surface area (Å²) in [5.74, 6) is -3.72. The molecule has 0 aliphatic heterocycles. The predicted molar refractivity (Wildman–Crippen MR) is 75.6 cm³/mol. The standard InChI is InChI=1S/C13H12N4O6/c18-10(14-9(13(22)23)5-11(19)20)6-17-12(21)7-3-1-2-4-8(7)15-16-17/h1-4,9H,5-6H2,(H,14,18)(H,19,20)(H,22,23). The van der Waals surface area contributed by atoms with Crippen LogP contribution in [0.3, 0.4) is 0 Å². The number of carbonyl (C=O) groups is 3. The Morgan fingerprint density at radius 2 is 1.91 bits per heavy atom. The van der Waals surface area contributed by atoms with Crippen LogP contribution in [0.25, 0.3) is 10.9 Å². The van der Waals surface area contributed by atoms with Crippen molar-refractivity contribution >= 4 is 28.7 Å². The highest BCUT2D eigenvalue weighted by Crippen LogP contribution is 2.03. The summed E-state index contributed by atoms with van der Waals surface area (Å²) in [5, 5.41) is 27.1. The average molecular weight is 320 g/mol. The first-order chi connectivity index (χ1) is 10.9. The normalized spacial score (nSPS) is 11.8. The zero-order valence-electron chi connectivity index (χ0n) is 11.7. The van der Waals surface area contributed by atoms with Gasteiger partial charge in [0.15, 0.2) is 0 Å². The second-order valence-electron chi connectivity index (χ2n) is 4.63. The van der Waals surface area contributed by atoms with Crippen molar-refractivity contribution in [1.29, 1.82) is 0 Å². The van der Waals surface area contributed by atoms with E-state index in [9.17, 15) is 19.2 Å². The second-order valence-corrected chi connectivity index (χ2v) is 4.63. The average Bonchev–Trinajstić information content (AvgIpc) is 2.49. The number of aromatic nitrogens is 3. The summed E-state index contributed by atoms with van der Waals surface area (Å²) in [6, 6.07) is 4.82. The van der Waals surface area contributed by atoms with E-state index in [2.05, 4.69) is 10.3 Å². The van der Waals surface area contributed by atoms with Crippen LogP contribution in [0.4, 0.5) is 0 Å². The van der Waals surface area contributed by atoms with Crippen LogP contribution in [0.1, 0.15) is 6.42 Å². The summed E-state index contributed by atoms with van der Waals surface area (Å²) in [5.41, 5.74) is -0.195. The topological polar surface area (TPSA) is 151 Å². The first kappa shape index (κ1) is 16.1. The second kappa shape index (κ2) is 6.64. The molecule has 0 saturated carbocycles. The van der Waals surface area contributed by atoms with Crippen molar-refractivity contribution in [3.8, 4) is 0 Å². The lowest BCUT2D eigenvalue weighted by Crippen LogP contribution is -2.44. The number of nitrogens with zero attached hydrogens (tertiary/aromatic N) is 3. The van der Waals surface area contributed by atoms with Crippen molar-refractivity contribution in [2.75, 3.05) is 0 Å². The number of carboxylic acids is 2. The maximum absolute atomic E-state index is 12.1. The van der Waals surface area contributed by atoms with E-state index in [0.717, 1.165) is 4.68 Å². The molecule has 0 aliphatic rings. The molecular formula is C13H12N4O6. The van der Waals surface area contributed by atoms with Crippen LogP contribution in [0.2, 0.25) is 0 Å². The maximum atomic E-state index is 12.1. The fourth-order valence-corrected chi connectivity index (χ4v) is 1.88. The molecular weight excluding hydrogens is 308 g/mol. The first-order valence-corrected chi connectivity index (χ1v) is 6.45. The number of hydrogen-bond donors (Lipinski definition) is 3. The minimum absolute atomic E-state index is 0.260. The fraction of sp³-hybridized carbons (Fsp3) is 0.231. The Kier molecular flexibility index (Phi) is 4.64. The van der Waals surface area contributed by atoms with E-state index in [-0.39, 0.29) is 5.39 Å². The lowest BCUT2D eigenvalue weighted by molar-refractivity contribution is -0.147. The number of carbonyl (C=O) groups excluding carboxylic acids is 1. The zero-order valence-corrected chi connectivity index (χ0v) is 11.7. The third-order valence-electron chi connectivity index (χ3n) is 2.93. The van der Waals surface area contributed by atoms with E-state index in [1.807, 2.05) is 5.32 Å². The van der Waals surface area contributed by atoms with Crippen molar-refractivity contribution in [2.45, 2.75) is 19.0 Å². The van der Waals surface area contributed by atoms with Gasteiger partial charge in [-0.15, -0.1) is 5.10 Å². The highest BCUT2D eigenvalue weighted by molar-refractivity contribution is 5.86. The number of nitrogens with one attached hydrogen (secondary N) is 1. The van der Waals surface area contributed by atoms with Crippen LogP contribution in [0.15, 0.2) is 29.1 Å². The molecule has 1 atom stereocenters. The Labute approximate surface area is 128 Å². The summed E-state index contributed by atoms with van der Waals surface area (Å²) >= 11 is 0. The summed E-state index contributed by atoms with van der Waals surface area (Å²) in [6.45, 7) is -0.569. The molecule has 1 aromatic heterocycles.